The number of hydrogen-bond donors (Lipinski definition) is 0. The number of ether oxygens (including phenoxy) is 1. The summed E-state index contributed by atoms with van der Waals surface area (Å²) in [4.78, 5) is 0. The number of alkyl halides is 5. The zero-order valence-corrected chi connectivity index (χ0v) is 4.84. The molecule has 0 saturated heterocycles. The molecule has 0 amide bonds. The quantitative estimate of drug-likeness (QED) is 0.451. The van der Waals surface area contributed by atoms with Crippen LogP contribution < -0.4 is 0 Å². The summed E-state index contributed by atoms with van der Waals surface area (Å²) in [5.74, 6) is -2.38. The van der Waals surface area contributed by atoms with Crippen LogP contribution in [0.5, 0.6) is 0 Å². The van der Waals surface area contributed by atoms with Crippen molar-refractivity contribution in [2.45, 2.75) is 12.0 Å². The van der Waals surface area contributed by atoms with E-state index in [1.165, 1.54) is 0 Å². The van der Waals surface area contributed by atoms with Crippen molar-refractivity contribution in [1.29, 1.82) is 0 Å². The van der Waals surface area contributed by atoms with Crippen LogP contribution in [0.15, 0.2) is 0 Å². The lowest BCUT2D eigenvalue weighted by Crippen LogP contribution is -2.18. The third-order valence-corrected chi connectivity index (χ3v) is 0.499. The molecule has 0 aliphatic rings. The van der Waals surface area contributed by atoms with E-state index in [2.05, 4.69) is 16.3 Å². The second-order valence-corrected chi connectivity index (χ2v) is 1.53. The van der Waals surface area contributed by atoms with Gasteiger partial charge < -0.3 is 4.74 Å². The van der Waals surface area contributed by atoms with Crippen LogP contribution in [0.2, 0.25) is 0 Å². The molecule has 0 rings (SSSR count). The Labute approximate surface area is 53.5 Å². The summed E-state index contributed by atoms with van der Waals surface area (Å²) >= 11 is 4.39. The normalized spacial score (nSPS) is 15.7. The van der Waals surface area contributed by atoms with Gasteiger partial charge in [0.05, 0.1) is 0 Å². The fourth-order valence-electron chi connectivity index (χ4n) is 0.157. The monoisotopic (exact) mass is 166 g/mol. The Balaban J connectivity index is 3.28. The van der Waals surface area contributed by atoms with E-state index in [0.29, 0.717) is 0 Å². The summed E-state index contributed by atoms with van der Waals surface area (Å²) in [5.41, 5.74) is 0. The molecule has 56 valence electrons. The van der Waals surface area contributed by atoms with E-state index >= 15 is 0 Å². The molecule has 1 nitrogen and oxygen atoms in total. The highest BCUT2D eigenvalue weighted by Crippen LogP contribution is 2.16. The molecule has 6 heteroatoms. The van der Waals surface area contributed by atoms with E-state index in [1.807, 2.05) is 0 Å². The first-order valence-corrected chi connectivity index (χ1v) is 2.32. The molecule has 1 atom stereocenters. The Bertz CT molecular complexity index is 80.4. The van der Waals surface area contributed by atoms with Crippen LogP contribution in [0.4, 0.5) is 17.6 Å². The molecule has 0 aromatic rings. The molecule has 0 spiro atoms. The summed E-state index contributed by atoms with van der Waals surface area (Å²) in [6, 6.07) is 0. The summed E-state index contributed by atoms with van der Waals surface area (Å²) in [5, 5.41) is 0. The molecule has 0 aromatic heterocycles. The van der Waals surface area contributed by atoms with Gasteiger partial charge in [0, 0.05) is 0 Å². The Morgan fingerprint density at radius 3 is 2.00 bits per heavy atom. The van der Waals surface area contributed by atoms with Crippen LogP contribution in [0.25, 0.3) is 0 Å². The number of rotatable bonds is 2. The van der Waals surface area contributed by atoms with Crippen LogP contribution in [-0.2, 0) is 4.74 Å². The fourth-order valence-corrected chi connectivity index (χ4v) is 0.220. The van der Waals surface area contributed by atoms with Crippen molar-refractivity contribution in [2.24, 2.45) is 0 Å². The Hall–Kier alpha value is -0.0300. The highest BCUT2D eigenvalue weighted by Gasteiger charge is 2.28. The number of hydrogen-bond acceptors (Lipinski definition) is 1. The minimum absolute atomic E-state index is 1.66. The molecular formula is C3H3ClF4O. The third kappa shape index (κ3) is 7.97. The average molecular weight is 167 g/mol. The highest BCUT2D eigenvalue weighted by molar-refractivity contribution is 6.18. The van der Waals surface area contributed by atoms with Gasteiger partial charge in [0.1, 0.15) is 6.61 Å². The molecule has 0 fully saturated rings. The van der Waals surface area contributed by atoms with Crippen LogP contribution in [-0.4, -0.2) is 18.6 Å². The van der Waals surface area contributed by atoms with Crippen LogP contribution >= 0.6 is 11.6 Å². The second kappa shape index (κ2) is 3.22. The van der Waals surface area contributed by atoms with Crippen molar-refractivity contribution < 1.29 is 22.3 Å². The highest BCUT2D eigenvalue weighted by atomic mass is 35.5. The second-order valence-electron chi connectivity index (χ2n) is 1.19. The minimum atomic E-state index is -4.51. The van der Waals surface area contributed by atoms with E-state index < -0.39 is 18.6 Å². The fraction of sp³-hybridized carbons (Fsp3) is 1.00. The van der Waals surface area contributed by atoms with Crippen LogP contribution in [0.3, 0.4) is 0 Å². The predicted octanol–water partition coefficient (Wildman–Crippen LogP) is 2.06. The maximum absolute atomic E-state index is 11.3. The van der Waals surface area contributed by atoms with Gasteiger partial charge in [-0.05, 0) is 0 Å². The Morgan fingerprint density at radius 1 is 1.44 bits per heavy atom. The molecule has 0 N–H and O–H groups in total. The molecule has 9 heavy (non-hydrogen) atoms. The molecule has 0 heterocycles. The minimum Gasteiger partial charge on any atom is -0.327 e. The smallest absolute Gasteiger partial charge is 0.327 e. The van der Waals surface area contributed by atoms with Gasteiger partial charge >= 0.3 is 6.18 Å². The van der Waals surface area contributed by atoms with E-state index in [0.717, 1.165) is 0 Å². The first-order chi connectivity index (χ1) is 3.92. The van der Waals surface area contributed by atoms with Gasteiger partial charge in [0.25, 0.3) is 5.82 Å². The molecule has 0 aromatic carbocycles. The zero-order chi connectivity index (χ0) is 7.49. The molecule has 0 unspecified atom stereocenters. The largest absolute Gasteiger partial charge is 0.411 e. The summed E-state index contributed by atoms with van der Waals surface area (Å²) in [6.07, 6.45) is -4.51. The SMILES string of the molecule is F[C@@H](Cl)OCC(F)(F)F. The lowest BCUT2D eigenvalue weighted by atomic mass is 10.7. The molecule has 0 radical (unpaired) electrons. The van der Waals surface area contributed by atoms with Gasteiger partial charge in [-0.15, -0.1) is 0 Å². The molecular weight excluding hydrogens is 163 g/mol. The molecule has 0 bridgehead atoms. The van der Waals surface area contributed by atoms with Crippen LogP contribution in [0.1, 0.15) is 0 Å². The van der Waals surface area contributed by atoms with Crippen molar-refractivity contribution >= 4 is 11.6 Å². The van der Waals surface area contributed by atoms with Gasteiger partial charge in [-0.1, -0.05) is 11.6 Å². The summed E-state index contributed by atoms with van der Waals surface area (Å²) in [6.45, 7) is -1.66. The standard InChI is InChI=1S/C3H3ClF4O/c4-2(5)9-1-3(6,7)8/h2H,1H2/t2-/m1/s1. The van der Waals surface area contributed by atoms with Gasteiger partial charge in [-0.25, -0.2) is 0 Å². The average Bonchev–Trinajstić information content (AvgIpc) is 1.59. The molecule has 0 aliphatic carbocycles. The maximum atomic E-state index is 11.3. The van der Waals surface area contributed by atoms with Gasteiger partial charge in [-0.3, -0.25) is 0 Å². The van der Waals surface area contributed by atoms with E-state index in [4.69, 9.17) is 0 Å². The van der Waals surface area contributed by atoms with Crippen molar-refractivity contribution in [3.8, 4) is 0 Å². The zero-order valence-electron chi connectivity index (χ0n) is 4.08. The topological polar surface area (TPSA) is 9.23 Å². The molecule has 0 saturated carbocycles. The van der Waals surface area contributed by atoms with E-state index in [-0.39, 0.29) is 0 Å². The Morgan fingerprint density at radius 2 is 1.89 bits per heavy atom. The van der Waals surface area contributed by atoms with Crippen LogP contribution in [0, 0.1) is 0 Å². The van der Waals surface area contributed by atoms with E-state index in [9.17, 15) is 17.6 Å². The lowest BCUT2D eigenvalue weighted by molar-refractivity contribution is -0.188. The van der Waals surface area contributed by atoms with Crippen molar-refractivity contribution in [2.75, 3.05) is 6.61 Å². The van der Waals surface area contributed by atoms with E-state index in [1.54, 1.807) is 0 Å². The lowest BCUT2D eigenvalue weighted by Gasteiger charge is -2.05. The third-order valence-electron chi connectivity index (χ3n) is 0.373. The Kier molecular flexibility index (Phi) is 3.21. The van der Waals surface area contributed by atoms with Crippen molar-refractivity contribution in [3.05, 3.63) is 0 Å². The van der Waals surface area contributed by atoms with Gasteiger partial charge in [0.15, 0.2) is 0 Å². The number of halogens is 5. The first kappa shape index (κ1) is 8.97. The summed E-state index contributed by atoms with van der Waals surface area (Å²) < 4.78 is 47.9. The van der Waals surface area contributed by atoms with Gasteiger partial charge in [0.2, 0.25) is 0 Å². The summed E-state index contributed by atoms with van der Waals surface area (Å²) in [7, 11) is 0. The van der Waals surface area contributed by atoms with Crippen molar-refractivity contribution in [1.82, 2.24) is 0 Å². The predicted molar refractivity (Wildman–Crippen MR) is 22.8 cm³/mol. The van der Waals surface area contributed by atoms with Crippen molar-refractivity contribution in [3.63, 3.8) is 0 Å². The maximum Gasteiger partial charge on any atom is 0.411 e. The van der Waals surface area contributed by atoms with Gasteiger partial charge in [-0.2, -0.15) is 17.6 Å². The first-order valence-electron chi connectivity index (χ1n) is 1.88. The molecule has 0 aliphatic heterocycles.